The van der Waals surface area contributed by atoms with Gasteiger partial charge in [0, 0.05) is 20.0 Å². The summed E-state index contributed by atoms with van der Waals surface area (Å²) in [6, 6.07) is 13.8. The number of rotatable bonds is 3. The van der Waals surface area contributed by atoms with Crippen molar-refractivity contribution in [3.05, 3.63) is 67.2 Å². The lowest BCUT2D eigenvalue weighted by atomic mass is 10.00. The number of hydrogen-bond donors (Lipinski definition) is 0. The molecule has 0 unspecified atom stereocenters. The Bertz CT molecular complexity index is 593. The van der Waals surface area contributed by atoms with Crippen molar-refractivity contribution < 1.29 is 4.79 Å². The van der Waals surface area contributed by atoms with Crippen molar-refractivity contribution in [2.24, 2.45) is 0 Å². The molecule has 0 radical (unpaired) electrons. The van der Waals surface area contributed by atoms with Gasteiger partial charge in [-0.1, -0.05) is 40.2 Å². The van der Waals surface area contributed by atoms with E-state index in [1.807, 2.05) is 49.4 Å². The standard InChI is InChI=1S/C15H12BrIO/c1-10-4-2-3-5-11(10)8-15(18)13-9-12(16)6-7-14(13)17/h2-7,9H,8H2,1H3. The molecule has 0 bridgehead atoms. The van der Waals surface area contributed by atoms with Gasteiger partial charge in [0.2, 0.25) is 0 Å². The van der Waals surface area contributed by atoms with E-state index in [9.17, 15) is 4.79 Å². The maximum absolute atomic E-state index is 12.3. The van der Waals surface area contributed by atoms with E-state index in [1.165, 1.54) is 0 Å². The summed E-state index contributed by atoms with van der Waals surface area (Å²) >= 11 is 5.61. The largest absolute Gasteiger partial charge is 0.294 e. The lowest BCUT2D eigenvalue weighted by molar-refractivity contribution is 0.0992. The van der Waals surface area contributed by atoms with Gasteiger partial charge >= 0.3 is 0 Å². The molecule has 0 fully saturated rings. The molecule has 1 nitrogen and oxygen atoms in total. The molecular weight excluding hydrogens is 403 g/mol. The monoisotopic (exact) mass is 414 g/mol. The lowest BCUT2D eigenvalue weighted by Gasteiger charge is -2.07. The number of carbonyl (C=O) groups is 1. The van der Waals surface area contributed by atoms with Crippen LogP contribution >= 0.6 is 38.5 Å². The molecule has 0 heterocycles. The van der Waals surface area contributed by atoms with E-state index in [4.69, 9.17) is 0 Å². The van der Waals surface area contributed by atoms with Crippen molar-refractivity contribution in [2.75, 3.05) is 0 Å². The zero-order valence-electron chi connectivity index (χ0n) is 9.91. The average molecular weight is 415 g/mol. The molecule has 0 amide bonds. The molecule has 0 aliphatic carbocycles. The van der Waals surface area contributed by atoms with Gasteiger partial charge in [-0.2, -0.15) is 0 Å². The van der Waals surface area contributed by atoms with Crippen LogP contribution in [0.2, 0.25) is 0 Å². The number of ketones is 1. The minimum atomic E-state index is 0.162. The molecule has 2 aromatic carbocycles. The second-order valence-electron chi connectivity index (χ2n) is 4.15. The summed E-state index contributed by atoms with van der Waals surface area (Å²) < 4.78 is 1.94. The maximum atomic E-state index is 12.3. The van der Waals surface area contributed by atoms with E-state index in [2.05, 4.69) is 38.5 Å². The van der Waals surface area contributed by atoms with Crippen LogP contribution in [0.25, 0.3) is 0 Å². The molecule has 2 aromatic rings. The third-order valence-corrected chi connectivity index (χ3v) is 4.28. The van der Waals surface area contributed by atoms with Gasteiger partial charge in [-0.3, -0.25) is 4.79 Å². The summed E-state index contributed by atoms with van der Waals surface area (Å²) in [5, 5.41) is 0. The van der Waals surface area contributed by atoms with Crippen molar-refractivity contribution in [1.29, 1.82) is 0 Å². The Morgan fingerprint density at radius 3 is 2.67 bits per heavy atom. The normalized spacial score (nSPS) is 10.4. The molecule has 2 rings (SSSR count). The summed E-state index contributed by atoms with van der Waals surface area (Å²) in [6.07, 6.45) is 0.457. The van der Waals surface area contributed by atoms with Crippen molar-refractivity contribution in [2.45, 2.75) is 13.3 Å². The molecule has 0 saturated carbocycles. The first-order chi connectivity index (χ1) is 8.58. The van der Waals surface area contributed by atoms with Crippen molar-refractivity contribution >= 4 is 44.3 Å². The summed E-state index contributed by atoms with van der Waals surface area (Å²) in [5.74, 6) is 0.162. The quantitative estimate of drug-likeness (QED) is 0.521. The maximum Gasteiger partial charge on any atom is 0.168 e. The van der Waals surface area contributed by atoms with E-state index < -0.39 is 0 Å². The van der Waals surface area contributed by atoms with Crippen molar-refractivity contribution in [3.8, 4) is 0 Å². The van der Waals surface area contributed by atoms with E-state index in [0.717, 1.165) is 24.7 Å². The topological polar surface area (TPSA) is 17.1 Å². The first-order valence-electron chi connectivity index (χ1n) is 5.60. The van der Waals surface area contributed by atoms with Gasteiger partial charge in [-0.05, 0) is 58.8 Å². The van der Waals surface area contributed by atoms with Crippen LogP contribution in [-0.2, 0) is 6.42 Å². The number of hydrogen-bond acceptors (Lipinski definition) is 1. The van der Waals surface area contributed by atoms with Crippen LogP contribution in [0.1, 0.15) is 21.5 Å². The highest BCUT2D eigenvalue weighted by Crippen LogP contribution is 2.20. The zero-order valence-corrected chi connectivity index (χ0v) is 13.7. The fourth-order valence-electron chi connectivity index (χ4n) is 1.79. The van der Waals surface area contributed by atoms with Crippen LogP contribution in [0, 0.1) is 10.5 Å². The first-order valence-corrected chi connectivity index (χ1v) is 7.48. The second kappa shape index (κ2) is 5.97. The summed E-state index contributed by atoms with van der Waals surface area (Å²) in [7, 11) is 0. The highest BCUT2D eigenvalue weighted by Gasteiger charge is 2.12. The van der Waals surface area contributed by atoms with Gasteiger partial charge in [0.25, 0.3) is 0 Å². The number of aryl methyl sites for hydroxylation is 1. The van der Waals surface area contributed by atoms with Crippen LogP contribution in [0.5, 0.6) is 0 Å². The van der Waals surface area contributed by atoms with Crippen LogP contribution in [0.15, 0.2) is 46.9 Å². The Hall–Kier alpha value is -0.680. The molecule has 0 spiro atoms. The molecule has 0 atom stereocenters. The molecule has 0 aromatic heterocycles. The number of halogens is 2. The van der Waals surface area contributed by atoms with E-state index in [-0.39, 0.29) is 5.78 Å². The Morgan fingerprint density at radius 2 is 1.94 bits per heavy atom. The third kappa shape index (κ3) is 3.20. The SMILES string of the molecule is Cc1ccccc1CC(=O)c1cc(Br)ccc1I. The zero-order chi connectivity index (χ0) is 13.1. The fraction of sp³-hybridized carbons (Fsp3) is 0.133. The minimum absolute atomic E-state index is 0.162. The predicted octanol–water partition coefficient (Wildman–Crippen LogP) is 4.79. The highest BCUT2D eigenvalue weighted by atomic mass is 127. The molecule has 92 valence electrons. The second-order valence-corrected chi connectivity index (χ2v) is 6.23. The van der Waals surface area contributed by atoms with Gasteiger partial charge in [-0.25, -0.2) is 0 Å². The van der Waals surface area contributed by atoms with Gasteiger partial charge in [0.15, 0.2) is 5.78 Å². The van der Waals surface area contributed by atoms with Gasteiger partial charge < -0.3 is 0 Å². The van der Waals surface area contributed by atoms with Crippen molar-refractivity contribution in [1.82, 2.24) is 0 Å². The van der Waals surface area contributed by atoms with E-state index in [0.29, 0.717) is 6.42 Å². The van der Waals surface area contributed by atoms with Crippen LogP contribution in [0.3, 0.4) is 0 Å². The smallest absolute Gasteiger partial charge is 0.168 e. The first kappa shape index (κ1) is 13.7. The van der Waals surface area contributed by atoms with E-state index >= 15 is 0 Å². The Labute approximate surface area is 129 Å². The molecule has 0 N–H and O–H groups in total. The number of benzene rings is 2. The highest BCUT2D eigenvalue weighted by molar-refractivity contribution is 14.1. The Balaban J connectivity index is 2.28. The minimum Gasteiger partial charge on any atom is -0.294 e. The van der Waals surface area contributed by atoms with Crippen LogP contribution < -0.4 is 0 Å². The van der Waals surface area contributed by atoms with E-state index in [1.54, 1.807) is 0 Å². The Morgan fingerprint density at radius 1 is 1.22 bits per heavy atom. The molecular formula is C15H12BrIO. The lowest BCUT2D eigenvalue weighted by Crippen LogP contribution is -2.06. The van der Waals surface area contributed by atoms with Crippen LogP contribution in [0.4, 0.5) is 0 Å². The Kier molecular flexibility index (Phi) is 4.56. The summed E-state index contributed by atoms with van der Waals surface area (Å²) in [4.78, 5) is 12.3. The molecule has 0 saturated heterocycles. The van der Waals surface area contributed by atoms with Gasteiger partial charge in [-0.15, -0.1) is 0 Å². The average Bonchev–Trinajstić information content (AvgIpc) is 2.35. The van der Waals surface area contributed by atoms with Crippen molar-refractivity contribution in [3.63, 3.8) is 0 Å². The molecule has 3 heteroatoms. The summed E-state index contributed by atoms with van der Waals surface area (Å²) in [5.41, 5.74) is 3.04. The molecule has 18 heavy (non-hydrogen) atoms. The summed E-state index contributed by atoms with van der Waals surface area (Å²) in [6.45, 7) is 2.04. The van der Waals surface area contributed by atoms with Gasteiger partial charge in [0.05, 0.1) is 0 Å². The fourth-order valence-corrected chi connectivity index (χ4v) is 2.79. The predicted molar refractivity (Wildman–Crippen MR) is 86.1 cm³/mol. The number of carbonyl (C=O) groups excluding carboxylic acids is 1. The molecule has 0 aliphatic rings. The molecule has 0 aliphatic heterocycles. The number of Topliss-reactive ketones (excluding diaryl/α,β-unsaturated/α-hetero) is 1. The van der Waals surface area contributed by atoms with Crippen LogP contribution in [-0.4, -0.2) is 5.78 Å². The van der Waals surface area contributed by atoms with Gasteiger partial charge in [0.1, 0.15) is 0 Å². The third-order valence-electron chi connectivity index (χ3n) is 2.84.